The third-order valence-electron chi connectivity index (χ3n) is 5.96. The van der Waals surface area contributed by atoms with Crippen molar-refractivity contribution in [3.8, 4) is 0 Å². The quantitative estimate of drug-likeness (QED) is 0.283. The number of carbonyl (C=O) groups excluding carboxylic acids is 3. The van der Waals surface area contributed by atoms with E-state index in [4.69, 9.17) is 9.15 Å². The van der Waals surface area contributed by atoms with Crippen molar-refractivity contribution in [3.05, 3.63) is 99.1 Å². The summed E-state index contributed by atoms with van der Waals surface area (Å²) < 4.78 is 12.5. The van der Waals surface area contributed by atoms with E-state index in [0.717, 1.165) is 4.57 Å². The number of nitrogens with zero attached hydrogens (tertiary/aromatic N) is 2. The normalized spacial score (nSPS) is 10.8. The lowest BCUT2D eigenvalue weighted by molar-refractivity contribution is -0.121. The molecule has 2 aromatic carbocycles. The minimum Gasteiger partial charge on any atom is -0.467 e. The Morgan fingerprint density at radius 1 is 0.923 bits per heavy atom. The van der Waals surface area contributed by atoms with Crippen LogP contribution in [0.15, 0.2) is 80.9 Å². The van der Waals surface area contributed by atoms with E-state index in [-0.39, 0.29) is 55.1 Å². The molecule has 2 N–H and O–H groups in total. The summed E-state index contributed by atoms with van der Waals surface area (Å²) in [7, 11) is 0. The number of carbonyl (C=O) groups is 3. The number of anilines is 1. The number of hydrogen-bond acceptors (Lipinski definition) is 7. The van der Waals surface area contributed by atoms with E-state index in [1.165, 1.54) is 16.9 Å². The van der Waals surface area contributed by atoms with E-state index in [0.29, 0.717) is 11.3 Å². The van der Waals surface area contributed by atoms with Crippen LogP contribution < -0.4 is 21.9 Å². The van der Waals surface area contributed by atoms with Gasteiger partial charge in [-0.3, -0.25) is 23.5 Å². The number of furan rings is 1. The molecule has 11 heteroatoms. The number of amides is 2. The highest BCUT2D eigenvalue weighted by molar-refractivity contribution is 6.01. The van der Waals surface area contributed by atoms with E-state index in [1.807, 2.05) is 0 Å². The first-order valence-electron chi connectivity index (χ1n) is 12.5. The summed E-state index contributed by atoms with van der Waals surface area (Å²) in [4.78, 5) is 63.9. The Labute approximate surface area is 223 Å². The highest BCUT2D eigenvalue weighted by Gasteiger charge is 2.18. The van der Waals surface area contributed by atoms with Gasteiger partial charge in [-0.05, 0) is 49.7 Å². The van der Waals surface area contributed by atoms with Crippen LogP contribution in [0.25, 0.3) is 10.9 Å². The van der Waals surface area contributed by atoms with Crippen molar-refractivity contribution in [2.75, 3.05) is 11.9 Å². The number of benzene rings is 2. The van der Waals surface area contributed by atoms with Gasteiger partial charge in [-0.1, -0.05) is 24.3 Å². The Kier molecular flexibility index (Phi) is 8.72. The lowest BCUT2D eigenvalue weighted by atomic mass is 10.2. The summed E-state index contributed by atoms with van der Waals surface area (Å²) in [6.45, 7) is 1.68. The number of para-hydroxylation sites is 2. The van der Waals surface area contributed by atoms with Gasteiger partial charge in [-0.2, -0.15) is 0 Å². The van der Waals surface area contributed by atoms with Crippen molar-refractivity contribution in [1.29, 1.82) is 0 Å². The van der Waals surface area contributed by atoms with Gasteiger partial charge in [-0.25, -0.2) is 9.59 Å². The Bertz CT molecular complexity index is 1600. The summed E-state index contributed by atoms with van der Waals surface area (Å²) in [5.74, 6) is -0.792. The number of nitrogens with one attached hydrogen (secondary N) is 2. The maximum Gasteiger partial charge on any atom is 0.340 e. The van der Waals surface area contributed by atoms with E-state index < -0.39 is 29.7 Å². The average Bonchev–Trinajstić information content (AvgIpc) is 3.46. The zero-order valence-corrected chi connectivity index (χ0v) is 21.3. The topological polar surface area (TPSA) is 142 Å². The van der Waals surface area contributed by atoms with Gasteiger partial charge < -0.3 is 19.8 Å². The second-order valence-electron chi connectivity index (χ2n) is 8.62. The van der Waals surface area contributed by atoms with Crippen LogP contribution in [0.2, 0.25) is 0 Å². The lowest BCUT2D eigenvalue weighted by Gasteiger charge is -2.15. The zero-order chi connectivity index (χ0) is 27.8. The summed E-state index contributed by atoms with van der Waals surface area (Å²) in [6.07, 6.45) is 1.83. The maximum absolute atomic E-state index is 13.4. The first-order chi connectivity index (χ1) is 18.9. The fourth-order valence-electron chi connectivity index (χ4n) is 4.12. The molecular formula is C28H28N4O7. The molecule has 39 heavy (non-hydrogen) atoms. The Morgan fingerprint density at radius 3 is 2.46 bits per heavy atom. The van der Waals surface area contributed by atoms with Crippen molar-refractivity contribution in [1.82, 2.24) is 14.5 Å². The van der Waals surface area contributed by atoms with Crippen LogP contribution in [-0.2, 0) is 34.0 Å². The minimum atomic E-state index is -0.677. The first kappa shape index (κ1) is 27.1. The monoisotopic (exact) mass is 532 g/mol. The molecule has 0 atom stereocenters. The second kappa shape index (κ2) is 12.5. The predicted octanol–water partition coefficient (Wildman–Crippen LogP) is 2.67. The number of rotatable bonds is 11. The van der Waals surface area contributed by atoms with E-state index in [2.05, 4.69) is 10.6 Å². The molecule has 0 spiro atoms. The van der Waals surface area contributed by atoms with Gasteiger partial charge in [-0.15, -0.1) is 0 Å². The fourth-order valence-corrected chi connectivity index (χ4v) is 4.12. The molecule has 2 heterocycles. The summed E-state index contributed by atoms with van der Waals surface area (Å²) in [5.41, 5.74) is -0.458. The van der Waals surface area contributed by atoms with Crippen molar-refractivity contribution in [2.24, 2.45) is 0 Å². The molecule has 0 saturated heterocycles. The summed E-state index contributed by atoms with van der Waals surface area (Å²) >= 11 is 0. The second-order valence-corrected chi connectivity index (χ2v) is 8.62. The molecule has 0 unspecified atom stereocenters. The van der Waals surface area contributed by atoms with Crippen molar-refractivity contribution < 1.29 is 23.5 Å². The smallest absolute Gasteiger partial charge is 0.340 e. The van der Waals surface area contributed by atoms with Gasteiger partial charge in [0, 0.05) is 13.0 Å². The van der Waals surface area contributed by atoms with Gasteiger partial charge in [0.15, 0.2) is 0 Å². The maximum atomic E-state index is 13.4. The Morgan fingerprint density at radius 2 is 1.69 bits per heavy atom. The molecule has 202 valence electrons. The number of ether oxygens (including phenoxy) is 1. The predicted molar refractivity (Wildman–Crippen MR) is 143 cm³/mol. The van der Waals surface area contributed by atoms with E-state index in [1.54, 1.807) is 61.5 Å². The largest absolute Gasteiger partial charge is 0.467 e. The molecule has 0 fully saturated rings. The number of aromatic nitrogens is 2. The Balaban J connectivity index is 1.52. The Hall–Kier alpha value is -4.93. The van der Waals surface area contributed by atoms with Gasteiger partial charge in [0.25, 0.3) is 5.56 Å². The van der Waals surface area contributed by atoms with Crippen LogP contribution in [-0.4, -0.2) is 33.5 Å². The molecule has 2 aromatic heterocycles. The van der Waals surface area contributed by atoms with Gasteiger partial charge >= 0.3 is 11.7 Å². The van der Waals surface area contributed by atoms with Gasteiger partial charge in [0.2, 0.25) is 11.8 Å². The SMILES string of the molecule is CCOC(=O)c1ccccc1NC(=O)Cn1c(=O)n(CCCC(=O)NCc2ccco2)c(=O)c2ccccc21. The molecule has 0 aliphatic heterocycles. The van der Waals surface area contributed by atoms with Crippen molar-refractivity contribution in [2.45, 2.75) is 39.4 Å². The zero-order valence-electron chi connectivity index (χ0n) is 21.3. The lowest BCUT2D eigenvalue weighted by Crippen LogP contribution is -2.42. The van der Waals surface area contributed by atoms with Crippen LogP contribution in [0.3, 0.4) is 0 Å². The van der Waals surface area contributed by atoms with Crippen LogP contribution in [0.4, 0.5) is 5.69 Å². The molecule has 0 aliphatic carbocycles. The highest BCUT2D eigenvalue weighted by atomic mass is 16.5. The van der Waals surface area contributed by atoms with E-state index >= 15 is 0 Å². The van der Waals surface area contributed by atoms with Crippen LogP contribution in [0.1, 0.15) is 35.9 Å². The minimum absolute atomic E-state index is 0.00994. The van der Waals surface area contributed by atoms with Crippen LogP contribution >= 0.6 is 0 Å². The molecule has 2 amide bonds. The third kappa shape index (κ3) is 6.50. The summed E-state index contributed by atoms with van der Waals surface area (Å²) in [5, 5.41) is 5.65. The van der Waals surface area contributed by atoms with Gasteiger partial charge in [0.1, 0.15) is 12.3 Å². The molecular weight excluding hydrogens is 504 g/mol. The first-order valence-corrected chi connectivity index (χ1v) is 12.5. The summed E-state index contributed by atoms with van der Waals surface area (Å²) in [6, 6.07) is 16.3. The van der Waals surface area contributed by atoms with Crippen LogP contribution in [0, 0.1) is 0 Å². The molecule has 4 aromatic rings. The molecule has 0 aliphatic rings. The van der Waals surface area contributed by atoms with E-state index in [9.17, 15) is 24.0 Å². The average molecular weight is 533 g/mol. The molecule has 11 nitrogen and oxygen atoms in total. The number of fused-ring (bicyclic) bond motifs is 1. The van der Waals surface area contributed by atoms with Gasteiger partial charge in [0.05, 0.1) is 41.6 Å². The molecule has 0 radical (unpaired) electrons. The van der Waals surface area contributed by atoms with Crippen molar-refractivity contribution >= 4 is 34.4 Å². The highest BCUT2D eigenvalue weighted by Crippen LogP contribution is 2.17. The third-order valence-corrected chi connectivity index (χ3v) is 5.96. The fraction of sp³-hybridized carbons (Fsp3) is 0.250. The number of hydrogen-bond donors (Lipinski definition) is 2. The number of esters is 1. The molecule has 0 bridgehead atoms. The standard InChI is InChI=1S/C28H28N4O7/c1-2-38-27(36)20-10-3-5-12-22(20)30-25(34)18-32-23-13-6-4-11-21(23)26(35)31(28(32)37)15-7-14-24(33)29-17-19-9-8-16-39-19/h3-6,8-13,16H,2,7,14-15,17-18H2,1H3,(H,29,33)(H,30,34). The van der Waals surface area contributed by atoms with Crippen molar-refractivity contribution in [3.63, 3.8) is 0 Å². The molecule has 4 rings (SSSR count). The molecule has 0 saturated carbocycles. The van der Waals surface area contributed by atoms with Crippen LogP contribution in [0.5, 0.6) is 0 Å².